The largest absolute Gasteiger partial charge is 0.325 e. The van der Waals surface area contributed by atoms with Crippen molar-refractivity contribution in [3.05, 3.63) is 63.5 Å². The van der Waals surface area contributed by atoms with Crippen LogP contribution in [0.25, 0.3) is 0 Å². The molecule has 2 atom stereocenters. The number of benzene rings is 1. The first-order valence-electron chi connectivity index (χ1n) is 8.56. The van der Waals surface area contributed by atoms with Crippen molar-refractivity contribution >= 4 is 23.2 Å². The van der Waals surface area contributed by atoms with E-state index in [1.165, 1.54) is 0 Å². The number of nitrogens with one attached hydrogen (secondary N) is 1. The Morgan fingerprint density at radius 3 is 2.72 bits per heavy atom. The van der Waals surface area contributed by atoms with Crippen molar-refractivity contribution < 1.29 is 4.79 Å². The van der Waals surface area contributed by atoms with E-state index in [9.17, 15) is 9.59 Å². The van der Waals surface area contributed by atoms with E-state index in [1.807, 2.05) is 16.7 Å². The topological polar surface area (TPSA) is 54.3 Å². The zero-order valence-electron chi connectivity index (χ0n) is 13.8. The lowest BCUT2D eigenvalue weighted by Gasteiger charge is -2.42. The number of fused-ring (bicyclic) bond motifs is 4. The fourth-order valence-electron chi connectivity index (χ4n) is 4.06. The number of halogens is 1. The second-order valence-electron chi connectivity index (χ2n) is 6.95. The maximum absolute atomic E-state index is 12.3. The quantitative estimate of drug-likeness (QED) is 0.918. The average molecular weight is 358 g/mol. The first-order valence-corrected chi connectivity index (χ1v) is 8.94. The molecular formula is C19H20ClN3O2. The summed E-state index contributed by atoms with van der Waals surface area (Å²) in [6, 6.07) is 12.6. The Balaban J connectivity index is 1.43. The molecule has 5 nitrogen and oxygen atoms in total. The van der Waals surface area contributed by atoms with Gasteiger partial charge in [-0.05, 0) is 42.7 Å². The molecule has 1 aromatic carbocycles. The Labute approximate surface area is 151 Å². The van der Waals surface area contributed by atoms with Crippen LogP contribution in [-0.2, 0) is 11.3 Å². The van der Waals surface area contributed by atoms with Gasteiger partial charge in [-0.15, -0.1) is 0 Å². The van der Waals surface area contributed by atoms with Crippen LogP contribution in [0.5, 0.6) is 0 Å². The predicted octanol–water partition coefficient (Wildman–Crippen LogP) is 2.56. The Hall–Kier alpha value is -2.11. The first kappa shape index (κ1) is 16.4. The van der Waals surface area contributed by atoms with Gasteiger partial charge in [-0.2, -0.15) is 0 Å². The number of rotatable bonds is 3. The number of hydrogen-bond acceptors (Lipinski definition) is 3. The second-order valence-corrected chi connectivity index (χ2v) is 7.38. The van der Waals surface area contributed by atoms with Gasteiger partial charge in [0.15, 0.2) is 0 Å². The lowest BCUT2D eigenvalue weighted by molar-refractivity contribution is -0.117. The SMILES string of the molecule is O=C(CN1C[C@@H]2C[C@H](C1)c1cccc(=O)n1C2)Nc1ccc(Cl)cc1. The van der Waals surface area contributed by atoms with E-state index in [1.54, 1.807) is 30.3 Å². The molecule has 0 spiro atoms. The fraction of sp³-hybridized carbons (Fsp3) is 0.368. The highest BCUT2D eigenvalue weighted by atomic mass is 35.5. The molecule has 0 unspecified atom stereocenters. The van der Waals surface area contributed by atoms with Crippen molar-refractivity contribution in [3.63, 3.8) is 0 Å². The lowest BCUT2D eigenvalue weighted by Crippen LogP contribution is -2.49. The monoisotopic (exact) mass is 357 g/mol. The smallest absolute Gasteiger partial charge is 0.250 e. The minimum atomic E-state index is -0.0206. The molecule has 25 heavy (non-hydrogen) atoms. The molecule has 6 heteroatoms. The molecular weight excluding hydrogens is 338 g/mol. The molecule has 1 amide bonds. The molecule has 1 N–H and O–H groups in total. The Kier molecular flexibility index (Phi) is 4.36. The van der Waals surface area contributed by atoms with Crippen molar-refractivity contribution in [1.82, 2.24) is 9.47 Å². The van der Waals surface area contributed by atoms with Crippen LogP contribution in [-0.4, -0.2) is 35.0 Å². The fourth-order valence-corrected chi connectivity index (χ4v) is 4.19. The molecule has 4 rings (SSSR count). The van der Waals surface area contributed by atoms with E-state index in [0.29, 0.717) is 23.4 Å². The van der Waals surface area contributed by atoms with Gasteiger partial charge in [0.25, 0.3) is 5.56 Å². The maximum Gasteiger partial charge on any atom is 0.250 e. The molecule has 2 aliphatic heterocycles. The molecule has 0 saturated carbocycles. The summed E-state index contributed by atoms with van der Waals surface area (Å²) in [4.78, 5) is 26.6. The number of carbonyl (C=O) groups excluding carboxylic acids is 1. The van der Waals surface area contributed by atoms with Gasteiger partial charge < -0.3 is 9.88 Å². The summed E-state index contributed by atoms with van der Waals surface area (Å²) in [5.74, 6) is 0.729. The molecule has 1 aromatic heterocycles. The third kappa shape index (κ3) is 3.48. The van der Waals surface area contributed by atoms with Gasteiger partial charge in [-0.25, -0.2) is 0 Å². The van der Waals surface area contributed by atoms with E-state index in [0.717, 1.165) is 37.4 Å². The van der Waals surface area contributed by atoms with Crippen molar-refractivity contribution in [2.75, 3.05) is 25.0 Å². The van der Waals surface area contributed by atoms with E-state index < -0.39 is 0 Å². The highest BCUT2D eigenvalue weighted by Crippen LogP contribution is 2.34. The molecule has 3 heterocycles. The summed E-state index contributed by atoms with van der Waals surface area (Å²) < 4.78 is 1.91. The number of aromatic nitrogens is 1. The summed E-state index contributed by atoms with van der Waals surface area (Å²) in [7, 11) is 0. The minimum absolute atomic E-state index is 0.0206. The number of hydrogen-bond donors (Lipinski definition) is 1. The van der Waals surface area contributed by atoms with Gasteiger partial charge in [0.1, 0.15) is 0 Å². The van der Waals surface area contributed by atoms with Crippen LogP contribution in [0.4, 0.5) is 5.69 Å². The zero-order valence-corrected chi connectivity index (χ0v) is 14.6. The summed E-state index contributed by atoms with van der Waals surface area (Å²) in [5, 5.41) is 3.56. The second kappa shape index (κ2) is 6.65. The number of piperidine rings is 1. The summed E-state index contributed by atoms with van der Waals surface area (Å²) >= 11 is 5.87. The van der Waals surface area contributed by atoms with Crippen molar-refractivity contribution in [3.8, 4) is 0 Å². The van der Waals surface area contributed by atoms with Crippen LogP contribution in [0.1, 0.15) is 18.0 Å². The van der Waals surface area contributed by atoms with Crippen molar-refractivity contribution in [2.24, 2.45) is 5.92 Å². The van der Waals surface area contributed by atoms with E-state index >= 15 is 0 Å². The third-order valence-corrected chi connectivity index (χ3v) is 5.30. The van der Waals surface area contributed by atoms with Crippen LogP contribution in [0, 0.1) is 5.92 Å². The van der Waals surface area contributed by atoms with Crippen LogP contribution >= 0.6 is 11.6 Å². The minimum Gasteiger partial charge on any atom is -0.325 e. The molecule has 1 fully saturated rings. The van der Waals surface area contributed by atoms with E-state index in [2.05, 4.69) is 10.2 Å². The van der Waals surface area contributed by atoms with E-state index in [4.69, 9.17) is 11.6 Å². The number of nitrogens with zero attached hydrogens (tertiary/aromatic N) is 2. The highest BCUT2D eigenvalue weighted by Gasteiger charge is 2.34. The molecule has 2 aromatic rings. The summed E-state index contributed by atoms with van der Waals surface area (Å²) in [5.41, 5.74) is 1.94. The molecule has 0 aliphatic carbocycles. The van der Waals surface area contributed by atoms with Gasteiger partial charge in [0, 0.05) is 48.0 Å². The molecule has 2 aliphatic rings. The Morgan fingerprint density at radius 1 is 1.12 bits per heavy atom. The van der Waals surface area contributed by atoms with Crippen LogP contribution in [0.3, 0.4) is 0 Å². The van der Waals surface area contributed by atoms with Crippen LogP contribution < -0.4 is 10.9 Å². The number of likely N-dealkylation sites (tertiary alicyclic amines) is 1. The number of pyridine rings is 1. The first-order chi connectivity index (χ1) is 12.1. The summed E-state index contributed by atoms with van der Waals surface area (Å²) in [6.45, 7) is 2.78. The molecule has 130 valence electrons. The number of amides is 1. The maximum atomic E-state index is 12.3. The Bertz CT molecular complexity index is 846. The van der Waals surface area contributed by atoms with Crippen LogP contribution in [0.15, 0.2) is 47.3 Å². The Morgan fingerprint density at radius 2 is 1.92 bits per heavy atom. The van der Waals surface area contributed by atoms with Crippen LogP contribution in [0.2, 0.25) is 5.02 Å². The van der Waals surface area contributed by atoms with Gasteiger partial charge in [-0.3, -0.25) is 14.5 Å². The zero-order chi connectivity index (χ0) is 17.4. The molecule has 0 radical (unpaired) electrons. The lowest BCUT2D eigenvalue weighted by atomic mass is 9.83. The molecule has 2 bridgehead atoms. The van der Waals surface area contributed by atoms with Crippen molar-refractivity contribution in [2.45, 2.75) is 18.9 Å². The normalized spacial score (nSPS) is 22.3. The number of carbonyl (C=O) groups is 1. The van der Waals surface area contributed by atoms with Gasteiger partial charge in [-0.1, -0.05) is 17.7 Å². The standard InChI is InChI=1S/C19H20ClN3O2/c20-15-4-6-16(7-5-15)21-18(24)12-22-9-13-8-14(11-22)17-2-1-3-19(25)23(17)10-13/h1-7,13-14H,8-12H2,(H,21,24)/t13-,14+/m0/s1. The number of anilines is 1. The molecule has 1 saturated heterocycles. The average Bonchev–Trinajstić information content (AvgIpc) is 2.58. The van der Waals surface area contributed by atoms with E-state index in [-0.39, 0.29) is 11.5 Å². The van der Waals surface area contributed by atoms with Crippen molar-refractivity contribution in [1.29, 1.82) is 0 Å². The third-order valence-electron chi connectivity index (χ3n) is 5.05. The highest BCUT2D eigenvalue weighted by molar-refractivity contribution is 6.30. The van der Waals surface area contributed by atoms with Gasteiger partial charge in [0.05, 0.1) is 6.54 Å². The summed E-state index contributed by atoms with van der Waals surface area (Å²) in [6.07, 6.45) is 1.10. The predicted molar refractivity (Wildman–Crippen MR) is 98.1 cm³/mol. The van der Waals surface area contributed by atoms with Gasteiger partial charge >= 0.3 is 0 Å². The van der Waals surface area contributed by atoms with Gasteiger partial charge in [0.2, 0.25) is 5.91 Å².